The number of nitrogens with one attached hydrogen (secondary N) is 1. The summed E-state index contributed by atoms with van der Waals surface area (Å²) in [7, 11) is 0. The number of halogens is 3. The van der Waals surface area contributed by atoms with E-state index in [1.807, 2.05) is 0 Å². The van der Waals surface area contributed by atoms with Crippen molar-refractivity contribution in [1.82, 2.24) is 14.8 Å². The van der Waals surface area contributed by atoms with E-state index >= 15 is 0 Å². The molecule has 0 spiro atoms. The number of aromatic nitrogens is 3. The van der Waals surface area contributed by atoms with Gasteiger partial charge in [-0.25, -0.2) is 9.48 Å². The molecular formula is C11H6F3N5O5. The van der Waals surface area contributed by atoms with Gasteiger partial charge in [0.05, 0.1) is 6.07 Å². The van der Waals surface area contributed by atoms with E-state index in [4.69, 9.17) is 9.52 Å². The van der Waals surface area contributed by atoms with Crippen LogP contribution in [-0.2, 0) is 11.0 Å². The second-order valence-corrected chi connectivity index (χ2v) is 4.59. The highest BCUT2D eigenvalue weighted by Crippen LogP contribution is 2.34. The summed E-state index contributed by atoms with van der Waals surface area (Å²) in [6, 6.07) is 0.889. The van der Waals surface area contributed by atoms with E-state index in [2.05, 4.69) is 15.4 Å². The smallest absolute Gasteiger partial charge is 0.453 e. The molecule has 126 valence electrons. The van der Waals surface area contributed by atoms with Gasteiger partial charge in [-0.3, -0.25) is 10.1 Å². The molecule has 0 aromatic carbocycles. The summed E-state index contributed by atoms with van der Waals surface area (Å²) in [6.07, 6.45) is -3.85. The number of fused-ring (bicyclic) bond motifs is 1. The quantitative estimate of drug-likeness (QED) is 0.634. The Morgan fingerprint density at radius 3 is 2.71 bits per heavy atom. The SMILES string of the molecule is O=C(O)C1=C[C@H](c2ccc([N+](=O)[O-])o2)n2nc(C(F)(F)F)nc2N1. The summed E-state index contributed by atoms with van der Waals surface area (Å²) in [6.45, 7) is 0. The number of aliphatic carboxylic acids is 1. The lowest BCUT2D eigenvalue weighted by atomic mass is 10.1. The average Bonchev–Trinajstić information content (AvgIpc) is 3.12. The Bertz CT molecular complexity index is 868. The average molecular weight is 345 g/mol. The maximum Gasteiger partial charge on any atom is 0.453 e. The van der Waals surface area contributed by atoms with E-state index in [0.717, 1.165) is 22.9 Å². The Balaban J connectivity index is 2.11. The van der Waals surface area contributed by atoms with Gasteiger partial charge in [-0.15, -0.1) is 5.10 Å². The van der Waals surface area contributed by atoms with Crippen molar-refractivity contribution in [2.45, 2.75) is 12.2 Å². The molecule has 0 amide bonds. The Hall–Kier alpha value is -3.38. The number of carboxylic acid groups (broad SMARTS) is 1. The second-order valence-electron chi connectivity index (χ2n) is 4.59. The fourth-order valence-corrected chi connectivity index (χ4v) is 2.04. The largest absolute Gasteiger partial charge is 0.477 e. The maximum absolute atomic E-state index is 12.8. The van der Waals surface area contributed by atoms with Crippen LogP contribution < -0.4 is 5.32 Å². The van der Waals surface area contributed by atoms with Crippen molar-refractivity contribution >= 4 is 17.8 Å². The third-order valence-electron chi connectivity index (χ3n) is 3.03. The van der Waals surface area contributed by atoms with Crippen LogP contribution >= 0.6 is 0 Å². The van der Waals surface area contributed by atoms with Gasteiger partial charge >= 0.3 is 18.0 Å². The van der Waals surface area contributed by atoms with Gasteiger partial charge in [-0.2, -0.15) is 18.2 Å². The van der Waals surface area contributed by atoms with Gasteiger partial charge in [0.25, 0.3) is 5.82 Å². The number of rotatable bonds is 3. The zero-order valence-corrected chi connectivity index (χ0v) is 11.3. The third-order valence-corrected chi connectivity index (χ3v) is 3.03. The predicted molar refractivity (Wildman–Crippen MR) is 67.9 cm³/mol. The minimum Gasteiger partial charge on any atom is -0.477 e. The Labute approximate surface area is 129 Å². The van der Waals surface area contributed by atoms with Crippen molar-refractivity contribution in [2.75, 3.05) is 5.32 Å². The van der Waals surface area contributed by atoms with Crippen LogP contribution in [0, 0.1) is 10.1 Å². The van der Waals surface area contributed by atoms with Crippen LogP contribution in [-0.4, -0.2) is 30.8 Å². The summed E-state index contributed by atoms with van der Waals surface area (Å²) in [5.74, 6) is -4.24. The minimum atomic E-state index is -4.85. The first-order valence-electron chi connectivity index (χ1n) is 6.17. The van der Waals surface area contributed by atoms with Crippen molar-refractivity contribution in [3.8, 4) is 0 Å². The second kappa shape index (κ2) is 5.07. The van der Waals surface area contributed by atoms with Gasteiger partial charge in [0.15, 0.2) is 0 Å². The summed E-state index contributed by atoms with van der Waals surface area (Å²) in [5.41, 5.74) is -0.465. The van der Waals surface area contributed by atoms with Crippen LogP contribution in [0.4, 0.5) is 25.0 Å². The number of carboxylic acids is 1. The number of carbonyl (C=O) groups is 1. The maximum atomic E-state index is 12.8. The molecule has 0 fully saturated rings. The fraction of sp³-hybridized carbons (Fsp3) is 0.182. The number of allylic oxidation sites excluding steroid dienone is 1. The third kappa shape index (κ3) is 2.55. The molecule has 0 aliphatic carbocycles. The number of nitrogens with zero attached hydrogens (tertiary/aromatic N) is 4. The van der Waals surface area contributed by atoms with Crippen molar-refractivity contribution in [3.63, 3.8) is 0 Å². The molecular weight excluding hydrogens is 339 g/mol. The first-order chi connectivity index (χ1) is 11.2. The van der Waals surface area contributed by atoms with Crippen molar-refractivity contribution in [2.24, 2.45) is 0 Å². The van der Waals surface area contributed by atoms with Gasteiger partial charge in [-0.1, -0.05) is 0 Å². The van der Waals surface area contributed by atoms with Gasteiger partial charge < -0.3 is 14.8 Å². The number of furan rings is 1. The van der Waals surface area contributed by atoms with Gasteiger partial charge in [0, 0.05) is 0 Å². The van der Waals surface area contributed by atoms with Crippen molar-refractivity contribution in [3.05, 3.63) is 45.6 Å². The molecule has 0 radical (unpaired) electrons. The molecule has 1 atom stereocenters. The number of alkyl halides is 3. The molecule has 2 aromatic rings. The number of anilines is 1. The normalized spacial score (nSPS) is 17.0. The van der Waals surface area contributed by atoms with Crippen LogP contribution in [0.15, 0.2) is 28.3 Å². The number of hydrogen-bond acceptors (Lipinski definition) is 7. The Kier molecular flexibility index (Phi) is 3.28. The summed E-state index contributed by atoms with van der Waals surface area (Å²) in [5, 5.41) is 25.2. The highest BCUT2D eigenvalue weighted by atomic mass is 19.4. The van der Waals surface area contributed by atoms with E-state index in [9.17, 15) is 28.1 Å². The molecule has 2 N–H and O–H groups in total. The zero-order chi connectivity index (χ0) is 17.6. The van der Waals surface area contributed by atoms with Crippen molar-refractivity contribution in [1.29, 1.82) is 0 Å². The van der Waals surface area contributed by atoms with E-state index in [1.165, 1.54) is 0 Å². The number of hydrogen-bond donors (Lipinski definition) is 2. The molecule has 24 heavy (non-hydrogen) atoms. The Morgan fingerprint density at radius 1 is 1.46 bits per heavy atom. The molecule has 10 nitrogen and oxygen atoms in total. The fourth-order valence-electron chi connectivity index (χ4n) is 2.04. The lowest BCUT2D eigenvalue weighted by molar-refractivity contribution is -0.402. The number of nitro groups is 1. The predicted octanol–water partition coefficient (Wildman–Crippen LogP) is 1.78. The Morgan fingerprint density at radius 2 is 2.17 bits per heavy atom. The molecule has 1 aliphatic rings. The summed E-state index contributed by atoms with van der Waals surface area (Å²) < 4.78 is 43.9. The molecule has 3 rings (SSSR count). The molecule has 3 heterocycles. The summed E-state index contributed by atoms with van der Waals surface area (Å²) >= 11 is 0. The lowest BCUT2D eigenvalue weighted by Crippen LogP contribution is -2.24. The molecule has 2 aromatic heterocycles. The summed E-state index contributed by atoms with van der Waals surface area (Å²) in [4.78, 5) is 24.1. The first-order valence-corrected chi connectivity index (χ1v) is 6.17. The topological polar surface area (TPSA) is 136 Å². The van der Waals surface area contributed by atoms with E-state index in [1.54, 1.807) is 0 Å². The van der Waals surface area contributed by atoms with Gasteiger partial charge in [0.1, 0.15) is 22.4 Å². The van der Waals surface area contributed by atoms with E-state index in [-0.39, 0.29) is 5.76 Å². The van der Waals surface area contributed by atoms with Gasteiger partial charge in [0.2, 0.25) is 5.95 Å². The molecule has 1 aliphatic heterocycles. The highest BCUT2D eigenvalue weighted by Gasteiger charge is 2.40. The lowest BCUT2D eigenvalue weighted by Gasteiger charge is -2.20. The van der Waals surface area contributed by atoms with Crippen LogP contribution in [0.2, 0.25) is 0 Å². The van der Waals surface area contributed by atoms with E-state index < -0.39 is 46.5 Å². The van der Waals surface area contributed by atoms with Gasteiger partial charge in [-0.05, 0) is 12.1 Å². The zero-order valence-electron chi connectivity index (χ0n) is 11.3. The standard InChI is InChI=1S/C11H6F3N5O5/c12-11(13,14)9-16-10-15-4(8(20)21)3-5(18(10)17-9)6-1-2-7(24-6)19(22)23/h1-3,5H,(H,20,21)(H,15,16,17)/t5-/m1/s1. The monoisotopic (exact) mass is 345 g/mol. The molecule has 13 heteroatoms. The molecule has 0 unspecified atom stereocenters. The van der Waals surface area contributed by atoms with Crippen LogP contribution in [0.25, 0.3) is 0 Å². The van der Waals surface area contributed by atoms with Crippen LogP contribution in [0.3, 0.4) is 0 Å². The van der Waals surface area contributed by atoms with Crippen LogP contribution in [0.5, 0.6) is 0 Å². The minimum absolute atomic E-state index is 0.165. The van der Waals surface area contributed by atoms with Crippen LogP contribution in [0.1, 0.15) is 17.6 Å². The van der Waals surface area contributed by atoms with Crippen molar-refractivity contribution < 1.29 is 32.4 Å². The molecule has 0 saturated heterocycles. The molecule has 0 saturated carbocycles. The highest BCUT2D eigenvalue weighted by molar-refractivity contribution is 5.90. The molecule has 0 bridgehead atoms. The van der Waals surface area contributed by atoms with E-state index in [0.29, 0.717) is 0 Å². The first kappa shape index (κ1) is 15.5.